The zero-order chi connectivity index (χ0) is 36.8. The average molecular weight is 721 g/mol. The molecule has 0 N–H and O–H groups in total. The normalized spacial score (nSPS) is 19.7. The van der Waals surface area contributed by atoms with Crippen LogP contribution in [0.25, 0.3) is 0 Å². The monoisotopic (exact) mass is 720 g/mol. The van der Waals surface area contributed by atoms with Gasteiger partial charge in [0.1, 0.15) is 36.3 Å². The summed E-state index contributed by atoms with van der Waals surface area (Å²) in [7, 11) is 1.69. The van der Waals surface area contributed by atoms with E-state index in [1.54, 1.807) is 7.11 Å². The topological polar surface area (TPSA) is 55.4 Å². The number of ether oxygens (including phenoxy) is 6. The molecule has 0 aromatic heterocycles. The third-order valence-electron chi connectivity index (χ3n) is 9.73. The molecule has 1 aliphatic rings. The Morgan fingerprint density at radius 1 is 0.444 bits per heavy atom. The van der Waals surface area contributed by atoms with Crippen molar-refractivity contribution in [3.8, 4) is 5.75 Å². The van der Waals surface area contributed by atoms with E-state index in [4.69, 9.17) is 28.4 Å². The molecule has 1 aliphatic heterocycles. The minimum Gasteiger partial charge on any atom is -0.497 e. The molecule has 1 saturated heterocycles. The molecule has 5 atom stereocenters. The van der Waals surface area contributed by atoms with Crippen LogP contribution in [0.5, 0.6) is 5.75 Å². The van der Waals surface area contributed by atoms with Crippen molar-refractivity contribution in [2.45, 2.75) is 63.4 Å². The van der Waals surface area contributed by atoms with Crippen molar-refractivity contribution in [2.24, 2.45) is 0 Å². The summed E-state index contributed by atoms with van der Waals surface area (Å²) in [6, 6.07) is 57.8. The maximum absolute atomic E-state index is 7.16. The van der Waals surface area contributed by atoms with Gasteiger partial charge in [-0.1, -0.05) is 158 Å². The first-order valence-electron chi connectivity index (χ1n) is 18.7. The van der Waals surface area contributed by atoms with Crippen LogP contribution in [0.4, 0.5) is 0 Å². The molecule has 6 heteroatoms. The van der Waals surface area contributed by atoms with Crippen LogP contribution in [0.1, 0.15) is 45.0 Å². The zero-order valence-electron chi connectivity index (χ0n) is 30.7. The van der Waals surface area contributed by atoms with E-state index in [2.05, 4.69) is 84.9 Å². The van der Waals surface area contributed by atoms with E-state index in [1.165, 1.54) is 11.1 Å². The molecule has 0 spiro atoms. The third-order valence-corrected chi connectivity index (χ3v) is 9.73. The van der Waals surface area contributed by atoms with Gasteiger partial charge in [0.2, 0.25) is 0 Å². The molecule has 7 rings (SSSR count). The van der Waals surface area contributed by atoms with Gasteiger partial charge in [-0.2, -0.15) is 0 Å². The van der Waals surface area contributed by atoms with Gasteiger partial charge in [-0.05, 0) is 57.5 Å². The zero-order valence-corrected chi connectivity index (χ0v) is 30.7. The molecule has 276 valence electrons. The van der Waals surface area contributed by atoms with Gasteiger partial charge in [-0.3, -0.25) is 0 Å². The average Bonchev–Trinajstić information content (AvgIpc) is 3.23. The Morgan fingerprint density at radius 3 is 1.46 bits per heavy atom. The molecule has 0 saturated carbocycles. The predicted octanol–water partition coefficient (Wildman–Crippen LogP) is 9.70. The van der Waals surface area contributed by atoms with Crippen LogP contribution in [-0.4, -0.2) is 38.1 Å². The van der Waals surface area contributed by atoms with Crippen molar-refractivity contribution >= 4 is 0 Å². The van der Waals surface area contributed by atoms with Crippen molar-refractivity contribution in [2.75, 3.05) is 13.7 Å². The van der Waals surface area contributed by atoms with E-state index < -0.39 is 30.5 Å². The van der Waals surface area contributed by atoms with Crippen LogP contribution in [0, 0.1) is 0 Å². The fourth-order valence-electron chi connectivity index (χ4n) is 6.92. The van der Waals surface area contributed by atoms with Gasteiger partial charge in [-0.25, -0.2) is 0 Å². The lowest BCUT2D eigenvalue weighted by molar-refractivity contribution is -0.275. The fraction of sp³-hybridized carbons (Fsp3) is 0.250. The van der Waals surface area contributed by atoms with Crippen molar-refractivity contribution in [3.05, 3.63) is 209 Å². The molecule has 1 fully saturated rings. The summed E-state index contributed by atoms with van der Waals surface area (Å²) in [6.07, 6.45) is -1.65. The second kappa shape index (κ2) is 19.3. The Balaban J connectivity index is 1.24. The van der Waals surface area contributed by atoms with Crippen LogP contribution < -0.4 is 4.74 Å². The molecular weight excluding hydrogens is 673 g/mol. The lowest BCUT2D eigenvalue weighted by Crippen LogP contribution is -2.58. The second-order valence-corrected chi connectivity index (χ2v) is 13.6. The minimum atomic E-state index is -0.503. The molecule has 0 amide bonds. The van der Waals surface area contributed by atoms with Crippen LogP contribution in [0.3, 0.4) is 0 Å². The number of methoxy groups -OCH3 is 1. The Hall–Kier alpha value is -5.08. The highest BCUT2D eigenvalue weighted by Gasteiger charge is 2.49. The first-order chi connectivity index (χ1) is 26.7. The van der Waals surface area contributed by atoms with Gasteiger partial charge in [0.05, 0.1) is 40.1 Å². The molecule has 0 aliphatic carbocycles. The summed E-state index contributed by atoms with van der Waals surface area (Å²) in [4.78, 5) is 0. The fourth-order valence-corrected chi connectivity index (χ4v) is 6.92. The summed E-state index contributed by atoms with van der Waals surface area (Å²) in [6.45, 7) is 1.94. The summed E-state index contributed by atoms with van der Waals surface area (Å²) in [5, 5.41) is 0. The van der Waals surface area contributed by atoms with Crippen molar-refractivity contribution in [1.29, 1.82) is 0 Å². The molecule has 54 heavy (non-hydrogen) atoms. The van der Waals surface area contributed by atoms with Crippen molar-refractivity contribution in [1.82, 2.24) is 0 Å². The third kappa shape index (κ3) is 10.3. The molecule has 1 heterocycles. The van der Waals surface area contributed by atoms with E-state index in [1.807, 2.05) is 84.9 Å². The van der Waals surface area contributed by atoms with E-state index in [0.717, 1.165) is 40.0 Å². The van der Waals surface area contributed by atoms with E-state index >= 15 is 0 Å². The van der Waals surface area contributed by atoms with E-state index in [9.17, 15) is 0 Å². The van der Waals surface area contributed by atoms with E-state index in [-0.39, 0.29) is 0 Å². The predicted molar refractivity (Wildman–Crippen MR) is 211 cm³/mol. The molecular formula is C48H48O6. The van der Waals surface area contributed by atoms with Gasteiger partial charge in [0, 0.05) is 0 Å². The van der Waals surface area contributed by atoms with Crippen molar-refractivity contribution in [3.63, 3.8) is 0 Å². The van der Waals surface area contributed by atoms with Gasteiger partial charge < -0.3 is 28.4 Å². The van der Waals surface area contributed by atoms with Crippen LogP contribution in [0.15, 0.2) is 170 Å². The van der Waals surface area contributed by atoms with Gasteiger partial charge in [0.15, 0.2) is 0 Å². The summed E-state index contributed by atoms with van der Waals surface area (Å²) >= 11 is 0. The Kier molecular flexibility index (Phi) is 13.3. The van der Waals surface area contributed by atoms with Gasteiger partial charge >= 0.3 is 0 Å². The molecule has 6 aromatic carbocycles. The SMILES string of the molecule is COc1ccc(Cc2cccc(C3OC(COCc4ccccc4)C(OCc4ccccc4)C(OCc4ccccc4)C3OCc3ccccc3)c2)cc1. The first kappa shape index (κ1) is 37.2. The van der Waals surface area contributed by atoms with Gasteiger partial charge in [0.25, 0.3) is 0 Å². The lowest BCUT2D eigenvalue weighted by atomic mass is 9.89. The summed E-state index contributed by atoms with van der Waals surface area (Å²) in [5.41, 5.74) is 7.69. The van der Waals surface area contributed by atoms with Gasteiger partial charge in [-0.15, -0.1) is 0 Å². The first-order valence-corrected chi connectivity index (χ1v) is 18.7. The quantitative estimate of drug-likeness (QED) is 0.0936. The molecule has 6 nitrogen and oxygen atoms in total. The maximum atomic E-state index is 7.16. The largest absolute Gasteiger partial charge is 0.497 e. The molecule has 6 aromatic rings. The summed E-state index contributed by atoms with van der Waals surface area (Å²) < 4.78 is 39.7. The molecule has 5 unspecified atom stereocenters. The molecule has 0 bridgehead atoms. The Morgan fingerprint density at radius 2 is 0.926 bits per heavy atom. The van der Waals surface area contributed by atoms with Crippen LogP contribution in [-0.2, 0) is 56.5 Å². The lowest BCUT2D eigenvalue weighted by Gasteiger charge is -2.46. The standard InChI is InChI=1S/C48H48O6/c1-49-43-27-25-36(26-28-43)29-41-23-14-24-42(30-41)45-47(52-33-39-19-10-4-11-20-39)48(53-34-40-21-12-5-13-22-40)46(51-32-38-17-8-3-9-18-38)44(54-45)35-50-31-37-15-6-2-7-16-37/h2-28,30,44-48H,29,31-35H2,1H3. The highest BCUT2D eigenvalue weighted by Crippen LogP contribution is 2.39. The highest BCUT2D eigenvalue weighted by molar-refractivity contribution is 5.34. The maximum Gasteiger partial charge on any atom is 0.118 e. The number of rotatable bonds is 17. The Bertz CT molecular complexity index is 1950. The van der Waals surface area contributed by atoms with Crippen LogP contribution >= 0.6 is 0 Å². The highest BCUT2D eigenvalue weighted by atomic mass is 16.6. The number of benzene rings is 6. The second-order valence-electron chi connectivity index (χ2n) is 13.6. The van der Waals surface area contributed by atoms with Crippen molar-refractivity contribution < 1.29 is 28.4 Å². The smallest absolute Gasteiger partial charge is 0.118 e. The Labute approximate surface area is 319 Å². The molecule has 0 radical (unpaired) electrons. The number of hydrogen-bond acceptors (Lipinski definition) is 6. The van der Waals surface area contributed by atoms with E-state index in [0.29, 0.717) is 33.0 Å². The number of hydrogen-bond donors (Lipinski definition) is 0. The van der Waals surface area contributed by atoms with Crippen LogP contribution in [0.2, 0.25) is 0 Å². The summed E-state index contributed by atoms with van der Waals surface area (Å²) in [5.74, 6) is 0.840. The minimum absolute atomic E-state index is 0.312.